The second-order valence-electron chi connectivity index (χ2n) is 2.06. The zero-order valence-corrected chi connectivity index (χ0v) is 7.17. The number of alkyl halides is 2. The van der Waals surface area contributed by atoms with Crippen LogP contribution in [0.1, 0.15) is 17.1 Å². The molecule has 0 spiro atoms. The summed E-state index contributed by atoms with van der Waals surface area (Å²) in [6, 6.07) is 1.88. The van der Waals surface area contributed by atoms with Gasteiger partial charge in [-0.1, -0.05) is 0 Å². The highest BCUT2D eigenvalue weighted by atomic mass is 35.5. The molecule has 0 aliphatic rings. The standard InChI is InChI=1S/C7H8Cl2O/c1-5-6(3-8)2-7(4-9)10-5/h2H,3-4H2,1H3. The van der Waals surface area contributed by atoms with Crippen molar-refractivity contribution in [3.05, 3.63) is 23.2 Å². The fourth-order valence-corrected chi connectivity index (χ4v) is 1.18. The van der Waals surface area contributed by atoms with Gasteiger partial charge in [0.25, 0.3) is 0 Å². The Labute approximate surface area is 69.9 Å². The van der Waals surface area contributed by atoms with E-state index in [1.165, 1.54) is 0 Å². The molecule has 56 valence electrons. The first-order chi connectivity index (χ1) is 4.77. The molecule has 10 heavy (non-hydrogen) atoms. The lowest BCUT2D eigenvalue weighted by molar-refractivity contribution is 0.498. The van der Waals surface area contributed by atoms with Crippen LogP contribution >= 0.6 is 23.2 Å². The average molecular weight is 179 g/mol. The molecule has 1 aromatic heterocycles. The van der Waals surface area contributed by atoms with Crippen molar-refractivity contribution in [1.29, 1.82) is 0 Å². The normalized spacial score (nSPS) is 10.3. The number of aryl methyl sites for hydroxylation is 1. The zero-order chi connectivity index (χ0) is 7.56. The Bertz CT molecular complexity index is 217. The summed E-state index contributed by atoms with van der Waals surface area (Å²) in [4.78, 5) is 0. The highest BCUT2D eigenvalue weighted by molar-refractivity contribution is 6.17. The van der Waals surface area contributed by atoms with Crippen molar-refractivity contribution < 1.29 is 4.42 Å². The minimum absolute atomic E-state index is 0.414. The summed E-state index contributed by atoms with van der Waals surface area (Å²) in [5.41, 5.74) is 1.03. The van der Waals surface area contributed by atoms with Gasteiger partial charge in [0.2, 0.25) is 0 Å². The second-order valence-corrected chi connectivity index (χ2v) is 2.60. The molecular formula is C7H8Cl2O. The van der Waals surface area contributed by atoms with Crippen molar-refractivity contribution in [3.63, 3.8) is 0 Å². The van der Waals surface area contributed by atoms with Gasteiger partial charge in [0.05, 0.1) is 11.8 Å². The molecule has 0 aliphatic heterocycles. The molecule has 0 atom stereocenters. The Hall–Kier alpha value is -0.140. The molecule has 0 unspecified atom stereocenters. The van der Waals surface area contributed by atoms with Crippen LogP contribution in [0.25, 0.3) is 0 Å². The van der Waals surface area contributed by atoms with Crippen LogP contribution in [-0.2, 0) is 11.8 Å². The topological polar surface area (TPSA) is 13.1 Å². The third-order valence-electron chi connectivity index (χ3n) is 1.35. The van der Waals surface area contributed by atoms with Gasteiger partial charge in [0, 0.05) is 5.56 Å². The number of hydrogen-bond acceptors (Lipinski definition) is 1. The molecule has 0 N–H and O–H groups in total. The summed E-state index contributed by atoms with van der Waals surface area (Å²) in [6.45, 7) is 1.88. The smallest absolute Gasteiger partial charge is 0.119 e. The van der Waals surface area contributed by atoms with E-state index in [9.17, 15) is 0 Å². The number of halogens is 2. The third-order valence-corrected chi connectivity index (χ3v) is 1.90. The summed E-state index contributed by atoms with van der Waals surface area (Å²) in [7, 11) is 0. The second kappa shape index (κ2) is 3.31. The fraction of sp³-hybridized carbons (Fsp3) is 0.429. The molecule has 0 aromatic carbocycles. The highest BCUT2D eigenvalue weighted by Gasteiger charge is 2.03. The summed E-state index contributed by atoms with van der Waals surface area (Å²) in [6.07, 6.45) is 0. The van der Waals surface area contributed by atoms with Crippen LogP contribution in [0.4, 0.5) is 0 Å². The highest BCUT2D eigenvalue weighted by Crippen LogP contribution is 2.17. The van der Waals surface area contributed by atoms with Gasteiger partial charge in [0.15, 0.2) is 0 Å². The van der Waals surface area contributed by atoms with Crippen molar-refractivity contribution >= 4 is 23.2 Å². The van der Waals surface area contributed by atoms with Gasteiger partial charge in [-0.3, -0.25) is 0 Å². The maximum atomic E-state index is 5.60. The average Bonchev–Trinajstić information content (AvgIpc) is 2.30. The summed E-state index contributed by atoms with van der Waals surface area (Å²) >= 11 is 11.1. The van der Waals surface area contributed by atoms with Crippen LogP contribution in [0.3, 0.4) is 0 Å². The molecule has 1 heterocycles. The molecule has 0 radical (unpaired) electrons. The third kappa shape index (κ3) is 1.47. The zero-order valence-electron chi connectivity index (χ0n) is 5.66. The summed E-state index contributed by atoms with van der Waals surface area (Å²) < 4.78 is 5.24. The Morgan fingerprint density at radius 2 is 2.10 bits per heavy atom. The number of furan rings is 1. The van der Waals surface area contributed by atoms with E-state index < -0.39 is 0 Å². The Balaban J connectivity index is 2.92. The van der Waals surface area contributed by atoms with E-state index in [0.717, 1.165) is 17.1 Å². The van der Waals surface area contributed by atoms with Crippen LogP contribution in [0.5, 0.6) is 0 Å². The van der Waals surface area contributed by atoms with E-state index in [4.69, 9.17) is 27.6 Å². The number of hydrogen-bond donors (Lipinski definition) is 0. The molecule has 1 aromatic rings. The monoisotopic (exact) mass is 178 g/mol. The lowest BCUT2D eigenvalue weighted by Gasteiger charge is -1.85. The van der Waals surface area contributed by atoms with Crippen molar-refractivity contribution in [1.82, 2.24) is 0 Å². The molecule has 0 fully saturated rings. The van der Waals surface area contributed by atoms with Gasteiger partial charge in [-0.05, 0) is 13.0 Å². The first-order valence-corrected chi connectivity index (χ1v) is 4.05. The van der Waals surface area contributed by atoms with E-state index >= 15 is 0 Å². The van der Waals surface area contributed by atoms with E-state index in [2.05, 4.69) is 0 Å². The molecule has 1 rings (SSSR count). The molecule has 1 nitrogen and oxygen atoms in total. The van der Waals surface area contributed by atoms with Gasteiger partial charge in [-0.15, -0.1) is 23.2 Å². The van der Waals surface area contributed by atoms with Gasteiger partial charge < -0.3 is 4.42 Å². The molecule has 0 saturated carbocycles. The first-order valence-electron chi connectivity index (χ1n) is 2.98. The molecule has 0 aliphatic carbocycles. The Kier molecular flexibility index (Phi) is 2.64. The van der Waals surface area contributed by atoms with E-state index in [1.807, 2.05) is 13.0 Å². The maximum Gasteiger partial charge on any atom is 0.119 e. The van der Waals surface area contributed by atoms with E-state index in [-0.39, 0.29) is 0 Å². The maximum absolute atomic E-state index is 5.60. The Morgan fingerprint density at radius 1 is 1.40 bits per heavy atom. The van der Waals surface area contributed by atoms with Crippen molar-refractivity contribution in [2.45, 2.75) is 18.7 Å². The van der Waals surface area contributed by atoms with Crippen LogP contribution < -0.4 is 0 Å². The fourth-order valence-electron chi connectivity index (χ4n) is 0.786. The van der Waals surface area contributed by atoms with Gasteiger partial charge in [-0.25, -0.2) is 0 Å². The van der Waals surface area contributed by atoms with Crippen molar-refractivity contribution in [2.24, 2.45) is 0 Å². The minimum atomic E-state index is 0.414. The Morgan fingerprint density at radius 3 is 2.40 bits per heavy atom. The van der Waals surface area contributed by atoms with Gasteiger partial charge in [0.1, 0.15) is 11.5 Å². The lowest BCUT2D eigenvalue weighted by Crippen LogP contribution is -1.72. The predicted molar refractivity (Wildman–Crippen MR) is 42.6 cm³/mol. The summed E-state index contributed by atoms with van der Waals surface area (Å²) in [5, 5.41) is 0. The van der Waals surface area contributed by atoms with Crippen LogP contribution in [0.2, 0.25) is 0 Å². The van der Waals surface area contributed by atoms with Gasteiger partial charge in [-0.2, -0.15) is 0 Å². The molecule has 0 saturated heterocycles. The van der Waals surface area contributed by atoms with E-state index in [1.54, 1.807) is 0 Å². The molecular weight excluding hydrogens is 171 g/mol. The van der Waals surface area contributed by atoms with Crippen LogP contribution in [-0.4, -0.2) is 0 Å². The van der Waals surface area contributed by atoms with Gasteiger partial charge >= 0.3 is 0 Å². The van der Waals surface area contributed by atoms with Crippen LogP contribution in [0.15, 0.2) is 10.5 Å². The molecule has 0 bridgehead atoms. The molecule has 0 amide bonds. The van der Waals surface area contributed by atoms with Crippen molar-refractivity contribution in [2.75, 3.05) is 0 Å². The molecule has 3 heteroatoms. The van der Waals surface area contributed by atoms with Crippen molar-refractivity contribution in [3.8, 4) is 0 Å². The predicted octanol–water partition coefficient (Wildman–Crippen LogP) is 3.07. The SMILES string of the molecule is Cc1oc(CCl)cc1CCl. The summed E-state index contributed by atoms with van der Waals surface area (Å²) in [5.74, 6) is 2.56. The number of rotatable bonds is 2. The minimum Gasteiger partial charge on any atom is -0.465 e. The van der Waals surface area contributed by atoms with E-state index in [0.29, 0.717) is 11.8 Å². The quantitative estimate of drug-likeness (QED) is 0.635. The lowest BCUT2D eigenvalue weighted by atomic mass is 10.3. The first kappa shape index (κ1) is 7.96. The van der Waals surface area contributed by atoms with Crippen LogP contribution in [0, 0.1) is 6.92 Å². The largest absolute Gasteiger partial charge is 0.465 e.